The van der Waals surface area contributed by atoms with Crippen molar-refractivity contribution in [2.24, 2.45) is 0 Å². The zero-order valence-electron chi connectivity index (χ0n) is 15.8. The third-order valence-corrected chi connectivity index (χ3v) is 7.03. The monoisotopic (exact) mass is 413 g/mol. The Labute approximate surface area is 170 Å². The van der Waals surface area contributed by atoms with Crippen molar-refractivity contribution in [2.45, 2.75) is 38.9 Å². The van der Waals surface area contributed by atoms with Gasteiger partial charge < -0.3 is 5.32 Å². The summed E-state index contributed by atoms with van der Waals surface area (Å²) in [6.07, 6.45) is 0.300. The highest BCUT2D eigenvalue weighted by atomic mass is 32.2. The molecule has 0 fully saturated rings. The predicted molar refractivity (Wildman–Crippen MR) is 113 cm³/mol. The number of nitrogens with zero attached hydrogens (tertiary/aromatic N) is 2. The number of anilines is 1. The van der Waals surface area contributed by atoms with Crippen LogP contribution in [0.3, 0.4) is 0 Å². The van der Waals surface area contributed by atoms with Crippen LogP contribution in [-0.2, 0) is 17.8 Å². The van der Waals surface area contributed by atoms with Gasteiger partial charge in [0, 0.05) is 22.7 Å². The summed E-state index contributed by atoms with van der Waals surface area (Å²) in [5.41, 5.74) is 3.11. The van der Waals surface area contributed by atoms with Crippen LogP contribution in [0.5, 0.6) is 0 Å². The number of aromatic nitrogens is 2. The third-order valence-electron chi connectivity index (χ3n) is 4.95. The molecule has 2 aromatic heterocycles. The number of hydrogen-bond acceptors (Lipinski definition) is 6. The highest BCUT2D eigenvalue weighted by molar-refractivity contribution is 7.99. The number of nitrogens with one attached hydrogen (secondary N) is 1. The molecule has 3 aromatic rings. The van der Waals surface area contributed by atoms with Crippen molar-refractivity contribution in [3.63, 3.8) is 0 Å². The minimum atomic E-state index is -0.0556. The molecule has 0 radical (unpaired) electrons. The Morgan fingerprint density at radius 3 is 2.86 bits per heavy atom. The van der Waals surface area contributed by atoms with Gasteiger partial charge in [-0.25, -0.2) is 4.98 Å². The SMILES string of the molecule is CCn1c(SCC(=O)c2ccc3c(c2)CC(=O)N3)nc2sc(C)c(C)c2c1=O. The van der Waals surface area contributed by atoms with Crippen LogP contribution in [0.25, 0.3) is 10.2 Å². The van der Waals surface area contributed by atoms with E-state index in [4.69, 9.17) is 0 Å². The summed E-state index contributed by atoms with van der Waals surface area (Å²) in [4.78, 5) is 43.5. The molecule has 0 atom stereocenters. The molecule has 144 valence electrons. The molecule has 0 unspecified atom stereocenters. The molecular formula is C20H19N3O3S2. The lowest BCUT2D eigenvalue weighted by atomic mass is 10.1. The summed E-state index contributed by atoms with van der Waals surface area (Å²) in [6, 6.07) is 5.26. The van der Waals surface area contributed by atoms with E-state index in [2.05, 4.69) is 10.3 Å². The molecule has 0 saturated heterocycles. The van der Waals surface area contributed by atoms with Gasteiger partial charge in [-0.05, 0) is 50.1 Å². The number of hydrogen-bond donors (Lipinski definition) is 1. The van der Waals surface area contributed by atoms with Crippen LogP contribution >= 0.6 is 23.1 Å². The zero-order valence-corrected chi connectivity index (χ0v) is 17.4. The van der Waals surface area contributed by atoms with E-state index in [9.17, 15) is 14.4 Å². The molecule has 1 aromatic carbocycles. The van der Waals surface area contributed by atoms with Crippen LogP contribution in [0, 0.1) is 13.8 Å². The number of ketones is 1. The number of fused-ring (bicyclic) bond motifs is 2. The smallest absolute Gasteiger partial charge is 0.263 e. The molecule has 1 aliphatic rings. The Hall–Kier alpha value is -2.45. The second kappa shape index (κ2) is 7.18. The molecule has 1 amide bonds. The number of aryl methyl sites for hydroxylation is 2. The summed E-state index contributed by atoms with van der Waals surface area (Å²) in [7, 11) is 0. The largest absolute Gasteiger partial charge is 0.326 e. The lowest BCUT2D eigenvalue weighted by Gasteiger charge is -2.10. The molecule has 8 heteroatoms. The van der Waals surface area contributed by atoms with E-state index in [0.717, 1.165) is 26.5 Å². The Morgan fingerprint density at radius 2 is 2.11 bits per heavy atom. The van der Waals surface area contributed by atoms with Gasteiger partial charge in [0.2, 0.25) is 5.91 Å². The van der Waals surface area contributed by atoms with Crippen molar-refractivity contribution in [3.8, 4) is 0 Å². The number of Topliss-reactive ketones (excluding diaryl/α,β-unsaturated/α-hetero) is 1. The predicted octanol–water partition coefficient (Wildman–Crippen LogP) is 3.56. The van der Waals surface area contributed by atoms with Crippen molar-refractivity contribution in [1.82, 2.24) is 9.55 Å². The van der Waals surface area contributed by atoms with Crippen molar-refractivity contribution in [3.05, 3.63) is 50.1 Å². The lowest BCUT2D eigenvalue weighted by Crippen LogP contribution is -2.22. The van der Waals surface area contributed by atoms with Crippen molar-refractivity contribution < 1.29 is 9.59 Å². The Kier molecular flexibility index (Phi) is 4.84. The van der Waals surface area contributed by atoms with Gasteiger partial charge in [-0.3, -0.25) is 19.0 Å². The molecule has 4 rings (SSSR count). The molecule has 1 N–H and O–H groups in total. The van der Waals surface area contributed by atoms with Crippen LogP contribution < -0.4 is 10.9 Å². The molecule has 28 heavy (non-hydrogen) atoms. The molecule has 0 bridgehead atoms. The zero-order chi connectivity index (χ0) is 20.0. The standard InChI is InChI=1S/C20H19N3O3S2/c1-4-23-19(26)17-10(2)11(3)28-18(17)22-20(23)27-9-15(24)12-5-6-14-13(7-12)8-16(25)21-14/h5-7H,4,8-9H2,1-3H3,(H,21,25). The maximum atomic E-state index is 12.9. The fourth-order valence-electron chi connectivity index (χ4n) is 3.31. The molecule has 3 heterocycles. The first-order valence-electron chi connectivity index (χ1n) is 8.98. The van der Waals surface area contributed by atoms with Crippen LogP contribution in [0.2, 0.25) is 0 Å². The Morgan fingerprint density at radius 1 is 1.32 bits per heavy atom. The first kappa shape index (κ1) is 18.9. The second-order valence-electron chi connectivity index (χ2n) is 6.72. The molecule has 0 aliphatic carbocycles. The number of rotatable bonds is 5. The summed E-state index contributed by atoms with van der Waals surface area (Å²) in [6.45, 7) is 6.33. The third kappa shape index (κ3) is 3.16. The van der Waals surface area contributed by atoms with Gasteiger partial charge in [-0.15, -0.1) is 11.3 Å². The van der Waals surface area contributed by atoms with Crippen LogP contribution in [-0.4, -0.2) is 27.0 Å². The first-order chi connectivity index (χ1) is 13.4. The topological polar surface area (TPSA) is 81.1 Å². The van der Waals surface area contributed by atoms with Crippen molar-refractivity contribution in [2.75, 3.05) is 11.1 Å². The average molecular weight is 414 g/mol. The number of thioether (sulfide) groups is 1. The quantitative estimate of drug-likeness (QED) is 0.393. The maximum absolute atomic E-state index is 12.9. The normalized spacial score (nSPS) is 13.0. The highest BCUT2D eigenvalue weighted by Crippen LogP contribution is 2.29. The lowest BCUT2D eigenvalue weighted by molar-refractivity contribution is -0.115. The highest BCUT2D eigenvalue weighted by Gasteiger charge is 2.20. The van der Waals surface area contributed by atoms with E-state index >= 15 is 0 Å². The van der Waals surface area contributed by atoms with Gasteiger partial charge in [-0.1, -0.05) is 11.8 Å². The molecule has 0 saturated carbocycles. The van der Waals surface area contributed by atoms with Gasteiger partial charge in [0.1, 0.15) is 4.83 Å². The summed E-state index contributed by atoms with van der Waals surface area (Å²) < 4.78 is 1.63. The Bertz CT molecular complexity index is 1190. The van der Waals surface area contributed by atoms with Gasteiger partial charge in [-0.2, -0.15) is 0 Å². The van der Waals surface area contributed by atoms with Crippen molar-refractivity contribution >= 4 is 50.7 Å². The number of carbonyl (C=O) groups excluding carboxylic acids is 2. The summed E-state index contributed by atoms with van der Waals surface area (Å²) in [5, 5.41) is 4.00. The average Bonchev–Trinajstić information content (AvgIpc) is 3.17. The van der Waals surface area contributed by atoms with Crippen molar-refractivity contribution in [1.29, 1.82) is 0 Å². The van der Waals surface area contributed by atoms with Gasteiger partial charge in [0.05, 0.1) is 17.6 Å². The number of benzene rings is 1. The first-order valence-corrected chi connectivity index (χ1v) is 10.8. The van der Waals surface area contributed by atoms with E-state index in [0.29, 0.717) is 29.1 Å². The van der Waals surface area contributed by atoms with E-state index in [1.54, 1.807) is 22.8 Å². The second-order valence-corrected chi connectivity index (χ2v) is 8.86. The van der Waals surface area contributed by atoms with E-state index in [1.165, 1.54) is 23.1 Å². The summed E-state index contributed by atoms with van der Waals surface area (Å²) >= 11 is 2.79. The molecule has 6 nitrogen and oxygen atoms in total. The minimum Gasteiger partial charge on any atom is -0.326 e. The fourth-order valence-corrected chi connectivity index (χ4v) is 5.34. The fraction of sp³-hybridized carbons (Fsp3) is 0.300. The van der Waals surface area contributed by atoms with E-state index in [-0.39, 0.29) is 23.0 Å². The Balaban J connectivity index is 1.60. The maximum Gasteiger partial charge on any atom is 0.263 e. The molecular weight excluding hydrogens is 394 g/mol. The van der Waals surface area contributed by atoms with E-state index in [1.807, 2.05) is 20.8 Å². The summed E-state index contributed by atoms with van der Waals surface area (Å²) in [5.74, 6) is 0.0733. The van der Waals surface area contributed by atoms with Crippen LogP contribution in [0.4, 0.5) is 5.69 Å². The van der Waals surface area contributed by atoms with Crippen LogP contribution in [0.15, 0.2) is 28.2 Å². The number of carbonyl (C=O) groups is 2. The van der Waals surface area contributed by atoms with Gasteiger partial charge in [0.25, 0.3) is 5.56 Å². The van der Waals surface area contributed by atoms with Gasteiger partial charge >= 0.3 is 0 Å². The van der Waals surface area contributed by atoms with Gasteiger partial charge in [0.15, 0.2) is 10.9 Å². The van der Waals surface area contributed by atoms with E-state index < -0.39 is 0 Å². The molecule has 0 spiro atoms. The minimum absolute atomic E-state index is 0.0496. The molecule has 1 aliphatic heterocycles. The number of thiophene rings is 1. The number of amides is 1. The van der Waals surface area contributed by atoms with Crippen LogP contribution in [0.1, 0.15) is 33.3 Å².